The first kappa shape index (κ1) is 72.0. The van der Waals surface area contributed by atoms with Gasteiger partial charge in [-0.3, -0.25) is 19.2 Å². The van der Waals surface area contributed by atoms with Gasteiger partial charge in [-0.2, -0.15) is 5.53 Å². The quantitative estimate of drug-likeness (QED) is 0.0376. The van der Waals surface area contributed by atoms with Gasteiger partial charge in [-0.25, -0.2) is 29.1 Å². The summed E-state index contributed by atoms with van der Waals surface area (Å²) in [5, 5.41) is 20.0. The number of piperidine rings is 2. The van der Waals surface area contributed by atoms with E-state index >= 15 is 0 Å². The van der Waals surface area contributed by atoms with E-state index in [2.05, 4.69) is 32.2 Å². The van der Waals surface area contributed by atoms with E-state index in [0.29, 0.717) is 127 Å². The Bertz CT molecular complexity index is 4200. The summed E-state index contributed by atoms with van der Waals surface area (Å²) in [6.07, 6.45) is 2.16. The van der Waals surface area contributed by atoms with E-state index in [1.807, 2.05) is 13.8 Å². The molecule has 12 rings (SSSR count). The molecule has 0 aliphatic carbocycles. The average molecular weight is 1350 g/mol. The second-order valence-corrected chi connectivity index (χ2v) is 25.7. The molecule has 0 bridgehead atoms. The van der Waals surface area contributed by atoms with Crippen molar-refractivity contribution in [2.24, 2.45) is 26.9 Å². The van der Waals surface area contributed by atoms with Crippen LogP contribution in [0.5, 0.6) is 11.5 Å². The number of benzene rings is 2. The van der Waals surface area contributed by atoms with Crippen molar-refractivity contribution in [3.63, 3.8) is 0 Å². The number of carbonyl (C=O) groups is 6. The second kappa shape index (κ2) is 28.6. The molecule has 0 spiro atoms. The fourth-order valence-corrected chi connectivity index (χ4v) is 13.1. The lowest BCUT2D eigenvalue weighted by molar-refractivity contribution is -0.192. The van der Waals surface area contributed by atoms with Crippen molar-refractivity contribution in [2.75, 3.05) is 26.2 Å². The molecule has 1 amide bonds. The first-order valence-corrected chi connectivity index (χ1v) is 31.5. The predicted molar refractivity (Wildman–Crippen MR) is 350 cm³/mol. The van der Waals surface area contributed by atoms with Crippen LogP contribution < -0.4 is 21.2 Å². The van der Waals surface area contributed by atoms with Crippen molar-refractivity contribution in [1.82, 2.24) is 29.3 Å². The van der Waals surface area contributed by atoms with E-state index in [0.717, 1.165) is 33.0 Å². The van der Waals surface area contributed by atoms with E-state index in [1.54, 1.807) is 118 Å². The number of pyridine rings is 4. The molecule has 4 aromatic heterocycles. The lowest BCUT2D eigenvalue weighted by atomic mass is 9.85. The van der Waals surface area contributed by atoms with Crippen LogP contribution in [-0.2, 0) is 97.9 Å². The summed E-state index contributed by atoms with van der Waals surface area (Å²) < 4.78 is 45.2. The number of rotatable bonds is 10. The number of nitrogens with one attached hydrogen (secondary N) is 2. The van der Waals surface area contributed by atoms with E-state index < -0.39 is 64.4 Å². The maximum atomic E-state index is 14.1. The maximum Gasteiger partial charge on any atom is 0.514 e. The van der Waals surface area contributed by atoms with Crippen LogP contribution >= 0.6 is 24.2 Å². The van der Waals surface area contributed by atoms with Gasteiger partial charge in [0.1, 0.15) is 35.9 Å². The molecular weight excluding hydrogens is 1270 g/mol. The van der Waals surface area contributed by atoms with Crippen LogP contribution in [0.2, 0.25) is 0 Å². The van der Waals surface area contributed by atoms with Crippen molar-refractivity contribution >= 4 is 82.1 Å². The molecule has 508 valence electrons. The molecule has 2 atom stereocenters. The Hall–Kier alpha value is -8.88. The molecule has 28 heteroatoms. The molecule has 6 aromatic rings. The van der Waals surface area contributed by atoms with Gasteiger partial charge < -0.3 is 57.6 Å². The number of cyclic esters (lactones) is 2. The number of fused-ring (bicyclic) bond motifs is 10. The minimum Gasteiger partial charge on any atom is -0.508 e. The topological polar surface area (TPSA) is 333 Å². The zero-order chi connectivity index (χ0) is 67.1. The number of aryl methyl sites for hydroxylation is 2. The number of esters is 4. The van der Waals surface area contributed by atoms with Crippen molar-refractivity contribution in [3.05, 3.63) is 114 Å². The number of hydrogen-bond donors (Lipinski definition) is 3. The van der Waals surface area contributed by atoms with Crippen LogP contribution in [0.25, 0.3) is 44.6 Å². The summed E-state index contributed by atoms with van der Waals surface area (Å²) >= 11 is 4.55. The number of nitrogens with zero attached hydrogens (tertiary/aromatic N) is 8. The van der Waals surface area contributed by atoms with Crippen molar-refractivity contribution in [2.45, 2.75) is 177 Å². The van der Waals surface area contributed by atoms with Gasteiger partial charge in [0.25, 0.3) is 11.1 Å². The average Bonchev–Trinajstić information content (AvgIpc) is 1.64. The van der Waals surface area contributed by atoms with E-state index in [-0.39, 0.29) is 80.8 Å². The van der Waals surface area contributed by atoms with Crippen molar-refractivity contribution in [3.8, 4) is 34.3 Å². The minimum absolute atomic E-state index is 0. The summed E-state index contributed by atoms with van der Waals surface area (Å²) in [6, 6.07) is 13.7. The van der Waals surface area contributed by atoms with E-state index in [4.69, 9.17) is 48.7 Å². The first-order chi connectivity index (χ1) is 44.2. The number of phenols is 1. The largest absolute Gasteiger partial charge is 0.514 e. The standard InChI is InChI=1S/C38H45N3O10.C28H29N3O6.CH4.ClHN4.ClH/c1-9-23-24-17-22(48-35(46)51-37(6,7)8)11-12-28(24)39-30-25(23)19-41-29(30)18-27-26(31(41)42)20-47-33(44)38(27,10-2)49-32(43)21-13-15-40(16-14-21)34(45)50-36(3,4)5;1-3-17-18-11-16(32)5-6-22(18)30-24-19(17)13-31-23(24)12-21-20(25(31)33)14-36-27(35)28(21,4-2)37-26(34)15-7-9-29-10-8-15;;1-3-5-4-2;/h11-12,17-18,21H,9-10,13-16,19-20H2,1-8H3;5-6,11-12,15,29,32H,3-4,7-10,13-14H2,1-2H3;1H4;2H;1H. The number of aromatic nitrogens is 4. The van der Waals surface area contributed by atoms with Crippen LogP contribution in [0.1, 0.15) is 160 Å². The smallest absolute Gasteiger partial charge is 0.508 e. The summed E-state index contributed by atoms with van der Waals surface area (Å²) in [5.41, 5.74) is 9.06. The van der Waals surface area contributed by atoms with Crippen molar-refractivity contribution in [1.29, 1.82) is 5.53 Å². The molecule has 95 heavy (non-hydrogen) atoms. The van der Waals surface area contributed by atoms with Crippen LogP contribution in [0.15, 0.2) is 73.2 Å². The summed E-state index contributed by atoms with van der Waals surface area (Å²) in [5.74, 6) is -2.83. The van der Waals surface area contributed by atoms with Gasteiger partial charge in [0.05, 0.1) is 81.6 Å². The molecule has 0 radical (unpaired) electrons. The molecule has 2 saturated heterocycles. The molecule has 26 nitrogen and oxygen atoms in total. The highest BCUT2D eigenvalue weighted by Gasteiger charge is 2.53. The van der Waals surface area contributed by atoms with Crippen LogP contribution in [0.4, 0.5) is 9.59 Å². The Morgan fingerprint density at radius 3 is 1.58 bits per heavy atom. The molecule has 2 fully saturated rings. The lowest BCUT2D eigenvalue weighted by Crippen LogP contribution is -2.49. The molecule has 10 heterocycles. The van der Waals surface area contributed by atoms with Gasteiger partial charge >= 0.3 is 36.1 Å². The number of ether oxygens (including phenoxy) is 7. The Kier molecular flexibility index (Phi) is 21.7. The molecule has 6 aliphatic heterocycles. The fourth-order valence-electron chi connectivity index (χ4n) is 13.1. The minimum atomic E-state index is -1.83. The highest BCUT2D eigenvalue weighted by atomic mass is 35.5. The third kappa shape index (κ3) is 14.0. The monoisotopic (exact) mass is 1350 g/mol. The SMILES string of the molecule is C.CCc1c2c(nc3ccc(O)cc13)-c1cc3c(c(=O)n1C2)COC(=O)C3(CC)OC(=O)C1CCNCC1.CCc1c2c(nc3ccc(OC(=O)OC(C)(C)C)cc13)-c1cc3c(c(=O)n1C2)COC(=O)C3(CC)OC(=O)C1CCN(C(=O)OC(C)(C)C)CC1.Cl.N=NN=NCl. The zero-order valence-electron chi connectivity index (χ0n) is 54.0. The number of phenolic OH excluding ortho intramolecular Hbond substituents is 1. The number of carbonyl (C=O) groups excluding carboxylic acids is 6. The molecular formula is C67H80Cl2N10O16. The summed E-state index contributed by atoms with van der Waals surface area (Å²) in [7, 11) is 0. The third-order valence-electron chi connectivity index (χ3n) is 17.6. The normalized spacial score (nSPS) is 18.6. The van der Waals surface area contributed by atoms with Gasteiger partial charge in [0.2, 0.25) is 11.2 Å². The predicted octanol–water partition coefficient (Wildman–Crippen LogP) is 11.6. The van der Waals surface area contributed by atoms with Gasteiger partial charge in [-0.15, -0.1) is 12.4 Å². The summed E-state index contributed by atoms with van der Waals surface area (Å²) in [4.78, 5) is 118. The Balaban J connectivity index is 0.000000231. The van der Waals surface area contributed by atoms with E-state index in [1.165, 1.54) is 0 Å². The van der Waals surface area contributed by atoms with Crippen LogP contribution in [0.3, 0.4) is 0 Å². The van der Waals surface area contributed by atoms with Gasteiger partial charge in [-0.05, 0) is 176 Å². The number of likely N-dealkylation sites (tertiary alicyclic amines) is 1. The molecule has 2 aromatic carbocycles. The number of hydrogen-bond acceptors (Lipinski definition) is 21. The third-order valence-corrected chi connectivity index (χ3v) is 17.6. The Morgan fingerprint density at radius 2 is 1.15 bits per heavy atom. The number of aromatic hydroxyl groups is 1. The second-order valence-electron chi connectivity index (χ2n) is 25.5. The van der Waals surface area contributed by atoms with Gasteiger partial charge in [0.15, 0.2) is 0 Å². The molecule has 2 unspecified atom stereocenters. The lowest BCUT2D eigenvalue weighted by Gasteiger charge is -2.38. The van der Waals surface area contributed by atoms with E-state index in [9.17, 15) is 43.5 Å². The van der Waals surface area contributed by atoms with Crippen LogP contribution in [-0.4, -0.2) is 103 Å². The van der Waals surface area contributed by atoms with Crippen molar-refractivity contribution < 1.29 is 67.0 Å². The molecule has 3 N–H and O–H groups in total. The highest BCUT2D eigenvalue weighted by Crippen LogP contribution is 2.46. The van der Waals surface area contributed by atoms with Gasteiger partial charge in [-0.1, -0.05) is 39.8 Å². The maximum absolute atomic E-state index is 14.1. The fraction of sp³-hybridized carbons (Fsp3) is 0.493. The zero-order valence-corrected chi connectivity index (χ0v) is 55.6. The summed E-state index contributed by atoms with van der Waals surface area (Å²) in [6.45, 7) is 20.3. The molecule has 6 aliphatic rings. The number of amides is 1. The van der Waals surface area contributed by atoms with Crippen LogP contribution in [0, 0.1) is 17.4 Å². The Labute approximate surface area is 559 Å². The molecule has 0 saturated carbocycles. The highest BCUT2D eigenvalue weighted by molar-refractivity contribution is 6.13. The number of halogens is 2. The Morgan fingerprint density at radius 1 is 0.684 bits per heavy atom. The van der Waals surface area contributed by atoms with Gasteiger partial charge in [0, 0.05) is 46.1 Å². The first-order valence-electron chi connectivity index (χ1n) is 31.2.